The lowest BCUT2D eigenvalue weighted by atomic mass is 10.3. The van der Waals surface area contributed by atoms with Crippen LogP contribution in [0.25, 0.3) is 0 Å². The second-order valence-electron chi connectivity index (χ2n) is 3.32. The normalized spacial score (nSPS) is 10.3. The Morgan fingerprint density at radius 1 is 1.40 bits per heavy atom. The summed E-state index contributed by atoms with van der Waals surface area (Å²) in [6, 6.07) is 0. The number of likely N-dealkylation sites (N-methyl/N-ethyl adjacent to an activating group) is 1. The minimum absolute atomic E-state index is 0.110. The third-order valence-electron chi connectivity index (χ3n) is 2.05. The Morgan fingerprint density at radius 2 is 2.07 bits per heavy atom. The maximum Gasteiger partial charge on any atom is 0.225 e. The molecule has 2 N–H and O–H groups in total. The van der Waals surface area contributed by atoms with E-state index >= 15 is 0 Å². The maximum absolute atomic E-state index is 8.76. The zero-order chi connectivity index (χ0) is 11.1. The van der Waals surface area contributed by atoms with Crippen LogP contribution in [-0.2, 0) is 6.54 Å². The highest BCUT2D eigenvalue weighted by Gasteiger charge is 2.02. The maximum atomic E-state index is 8.76. The van der Waals surface area contributed by atoms with E-state index in [1.807, 2.05) is 11.9 Å². The van der Waals surface area contributed by atoms with E-state index in [1.165, 1.54) is 0 Å². The van der Waals surface area contributed by atoms with E-state index in [1.54, 1.807) is 12.4 Å². The van der Waals surface area contributed by atoms with Crippen molar-refractivity contribution in [2.75, 3.05) is 31.6 Å². The predicted molar refractivity (Wildman–Crippen MR) is 59.8 cm³/mol. The Hall–Kier alpha value is -1.20. The number of aromatic nitrogens is 2. The molecule has 1 aromatic heterocycles. The number of aliphatic hydroxyl groups excluding tert-OH is 1. The molecular weight excluding hydrogens is 192 g/mol. The first-order valence-electron chi connectivity index (χ1n) is 5.11. The van der Waals surface area contributed by atoms with Crippen LogP contribution in [0.1, 0.15) is 12.5 Å². The summed E-state index contributed by atoms with van der Waals surface area (Å²) in [6.07, 6.45) is 3.61. The molecule has 0 fully saturated rings. The molecule has 1 heterocycles. The molecule has 1 rings (SSSR count). The van der Waals surface area contributed by atoms with E-state index in [0.717, 1.165) is 18.7 Å². The van der Waals surface area contributed by atoms with Gasteiger partial charge < -0.3 is 15.3 Å². The number of hydrogen-bond donors (Lipinski definition) is 2. The van der Waals surface area contributed by atoms with Crippen molar-refractivity contribution >= 4 is 5.95 Å². The van der Waals surface area contributed by atoms with Crippen molar-refractivity contribution in [1.82, 2.24) is 15.3 Å². The number of anilines is 1. The third-order valence-corrected chi connectivity index (χ3v) is 2.05. The highest BCUT2D eigenvalue weighted by molar-refractivity contribution is 5.28. The molecule has 0 radical (unpaired) electrons. The van der Waals surface area contributed by atoms with Gasteiger partial charge in [0.15, 0.2) is 0 Å². The Bertz CT molecular complexity index is 275. The summed E-state index contributed by atoms with van der Waals surface area (Å²) < 4.78 is 0. The summed E-state index contributed by atoms with van der Waals surface area (Å²) in [5.74, 6) is 0.643. The molecule has 0 bridgehead atoms. The average molecular weight is 210 g/mol. The topological polar surface area (TPSA) is 61.3 Å². The van der Waals surface area contributed by atoms with E-state index in [0.29, 0.717) is 12.5 Å². The quantitative estimate of drug-likeness (QED) is 0.693. The standard InChI is InChI=1S/C10H18N4O/c1-3-11-6-9-7-12-10(13-8-9)14(2)4-5-15/h7-8,11,15H,3-6H2,1-2H3. The van der Waals surface area contributed by atoms with E-state index in [4.69, 9.17) is 5.11 Å². The number of aliphatic hydroxyl groups is 1. The van der Waals surface area contributed by atoms with Crippen molar-refractivity contribution in [3.05, 3.63) is 18.0 Å². The van der Waals surface area contributed by atoms with Crippen molar-refractivity contribution < 1.29 is 5.11 Å². The highest BCUT2D eigenvalue weighted by atomic mass is 16.3. The lowest BCUT2D eigenvalue weighted by Crippen LogP contribution is -2.23. The largest absolute Gasteiger partial charge is 0.395 e. The van der Waals surface area contributed by atoms with Gasteiger partial charge in [-0.25, -0.2) is 9.97 Å². The molecule has 5 heteroatoms. The van der Waals surface area contributed by atoms with E-state index in [-0.39, 0.29) is 6.61 Å². The SMILES string of the molecule is CCNCc1cnc(N(C)CCO)nc1. The Labute approximate surface area is 90.2 Å². The smallest absolute Gasteiger partial charge is 0.225 e. The van der Waals surface area contributed by atoms with Gasteiger partial charge in [0.2, 0.25) is 5.95 Å². The number of rotatable bonds is 6. The van der Waals surface area contributed by atoms with Crippen LogP contribution in [0.5, 0.6) is 0 Å². The summed E-state index contributed by atoms with van der Waals surface area (Å²) in [5.41, 5.74) is 1.07. The summed E-state index contributed by atoms with van der Waals surface area (Å²) >= 11 is 0. The number of nitrogens with one attached hydrogen (secondary N) is 1. The fourth-order valence-electron chi connectivity index (χ4n) is 1.16. The van der Waals surface area contributed by atoms with Crippen LogP contribution < -0.4 is 10.2 Å². The molecule has 0 saturated heterocycles. The molecule has 0 aliphatic carbocycles. The number of nitrogens with zero attached hydrogens (tertiary/aromatic N) is 3. The van der Waals surface area contributed by atoms with Crippen LogP contribution >= 0.6 is 0 Å². The number of hydrogen-bond acceptors (Lipinski definition) is 5. The van der Waals surface area contributed by atoms with Gasteiger partial charge in [0.25, 0.3) is 0 Å². The zero-order valence-electron chi connectivity index (χ0n) is 9.27. The van der Waals surface area contributed by atoms with Crippen molar-refractivity contribution in [2.24, 2.45) is 0 Å². The molecule has 0 unspecified atom stereocenters. The minimum Gasteiger partial charge on any atom is -0.395 e. The molecule has 0 aromatic carbocycles. The van der Waals surface area contributed by atoms with E-state index in [9.17, 15) is 0 Å². The van der Waals surface area contributed by atoms with Crippen molar-refractivity contribution in [3.8, 4) is 0 Å². The lowest BCUT2D eigenvalue weighted by molar-refractivity contribution is 0.303. The minimum atomic E-state index is 0.110. The van der Waals surface area contributed by atoms with Gasteiger partial charge >= 0.3 is 0 Å². The van der Waals surface area contributed by atoms with Crippen molar-refractivity contribution in [2.45, 2.75) is 13.5 Å². The third kappa shape index (κ3) is 3.81. The summed E-state index contributed by atoms with van der Waals surface area (Å²) in [5, 5.41) is 12.0. The molecule has 0 spiro atoms. The fraction of sp³-hybridized carbons (Fsp3) is 0.600. The highest BCUT2D eigenvalue weighted by Crippen LogP contribution is 2.04. The molecule has 15 heavy (non-hydrogen) atoms. The van der Waals surface area contributed by atoms with Crippen molar-refractivity contribution in [1.29, 1.82) is 0 Å². The van der Waals surface area contributed by atoms with Crippen LogP contribution in [0, 0.1) is 0 Å². The Balaban J connectivity index is 2.55. The molecule has 0 saturated carbocycles. The molecule has 0 amide bonds. The summed E-state index contributed by atoms with van der Waals surface area (Å²) in [7, 11) is 1.86. The first-order valence-corrected chi connectivity index (χ1v) is 5.11. The lowest BCUT2D eigenvalue weighted by Gasteiger charge is -2.15. The van der Waals surface area contributed by atoms with Crippen LogP contribution in [0.15, 0.2) is 12.4 Å². The van der Waals surface area contributed by atoms with Gasteiger partial charge in [-0.05, 0) is 6.54 Å². The monoisotopic (exact) mass is 210 g/mol. The molecular formula is C10H18N4O. The second-order valence-corrected chi connectivity index (χ2v) is 3.32. The molecule has 84 valence electrons. The molecule has 0 aliphatic rings. The van der Waals surface area contributed by atoms with Gasteiger partial charge in [-0.15, -0.1) is 0 Å². The van der Waals surface area contributed by atoms with E-state index < -0.39 is 0 Å². The van der Waals surface area contributed by atoms with Gasteiger partial charge in [0.05, 0.1) is 6.61 Å². The average Bonchev–Trinajstić information content (AvgIpc) is 2.27. The van der Waals surface area contributed by atoms with Gasteiger partial charge in [0.1, 0.15) is 0 Å². The Kier molecular flexibility index (Phi) is 5.00. The van der Waals surface area contributed by atoms with Crippen LogP contribution in [0.4, 0.5) is 5.95 Å². The second kappa shape index (κ2) is 6.31. The first kappa shape index (κ1) is 11.9. The first-order chi connectivity index (χ1) is 7.27. The van der Waals surface area contributed by atoms with Crippen LogP contribution in [-0.4, -0.2) is 41.8 Å². The van der Waals surface area contributed by atoms with Gasteiger partial charge in [-0.1, -0.05) is 6.92 Å². The Morgan fingerprint density at radius 3 is 2.60 bits per heavy atom. The van der Waals surface area contributed by atoms with Crippen molar-refractivity contribution in [3.63, 3.8) is 0 Å². The van der Waals surface area contributed by atoms with Crippen LogP contribution in [0.3, 0.4) is 0 Å². The van der Waals surface area contributed by atoms with Gasteiger partial charge in [-0.2, -0.15) is 0 Å². The van der Waals surface area contributed by atoms with Crippen LogP contribution in [0.2, 0.25) is 0 Å². The van der Waals surface area contributed by atoms with E-state index in [2.05, 4.69) is 22.2 Å². The van der Waals surface area contributed by atoms with Gasteiger partial charge in [-0.3, -0.25) is 0 Å². The molecule has 0 atom stereocenters. The summed E-state index contributed by atoms with van der Waals surface area (Å²) in [6.45, 7) is 4.45. The fourth-order valence-corrected chi connectivity index (χ4v) is 1.16. The molecule has 0 aliphatic heterocycles. The molecule has 1 aromatic rings. The summed E-state index contributed by atoms with van der Waals surface area (Å²) in [4.78, 5) is 10.2. The predicted octanol–water partition coefficient (Wildman–Crippen LogP) is 0.0146. The van der Waals surface area contributed by atoms with Gasteiger partial charge in [0, 0.05) is 38.1 Å². The molecule has 5 nitrogen and oxygen atoms in total. The zero-order valence-corrected chi connectivity index (χ0v) is 9.27.